The molecule has 0 aliphatic rings. The molecule has 1 heterocycles. The molecule has 0 saturated heterocycles. The molecule has 0 saturated carbocycles. The number of benzene rings is 1. The van der Waals surface area contributed by atoms with Crippen LogP contribution in [0.2, 0.25) is 0 Å². The first-order chi connectivity index (χ1) is 9.77. The molecule has 3 N–H and O–H groups in total. The standard InChI is InChI=1S/C13H12F3N3OS/c1-7-4-9(20-19-7)6-18-8-2-3-10(12(17)21)11(5-8)13(14,15)16/h2-5,18H,6H2,1H3,(H2,17,21). The smallest absolute Gasteiger partial charge is 0.389 e. The number of halogens is 3. The van der Waals surface area contributed by atoms with Crippen molar-refractivity contribution in [1.29, 1.82) is 0 Å². The molecule has 112 valence electrons. The van der Waals surface area contributed by atoms with Crippen LogP contribution in [0.4, 0.5) is 18.9 Å². The summed E-state index contributed by atoms with van der Waals surface area (Å²) in [6.07, 6.45) is -4.53. The van der Waals surface area contributed by atoms with E-state index in [-0.39, 0.29) is 22.8 Å². The van der Waals surface area contributed by atoms with Crippen LogP contribution in [0.1, 0.15) is 22.6 Å². The molecule has 0 radical (unpaired) electrons. The fourth-order valence-corrected chi connectivity index (χ4v) is 1.97. The summed E-state index contributed by atoms with van der Waals surface area (Å²) >= 11 is 4.64. The zero-order valence-corrected chi connectivity index (χ0v) is 11.8. The number of nitrogens with zero attached hydrogens (tertiary/aromatic N) is 1. The summed E-state index contributed by atoms with van der Waals surface area (Å²) in [7, 11) is 0. The number of anilines is 1. The SMILES string of the molecule is Cc1cc(CNc2ccc(C(N)=S)c(C(F)(F)F)c2)on1. The summed E-state index contributed by atoms with van der Waals surface area (Å²) in [6.45, 7) is 1.98. The Morgan fingerprint density at radius 3 is 2.62 bits per heavy atom. The molecule has 0 aliphatic heterocycles. The Bertz CT molecular complexity index is 667. The summed E-state index contributed by atoms with van der Waals surface area (Å²) in [6, 6.07) is 5.39. The van der Waals surface area contributed by atoms with Crippen molar-refractivity contribution in [1.82, 2.24) is 5.16 Å². The Kier molecular flexibility index (Phi) is 4.17. The maximum absolute atomic E-state index is 13.0. The highest BCUT2D eigenvalue weighted by Crippen LogP contribution is 2.34. The number of aryl methyl sites for hydroxylation is 1. The fraction of sp³-hybridized carbons (Fsp3) is 0.231. The van der Waals surface area contributed by atoms with E-state index in [0.717, 1.165) is 6.07 Å². The van der Waals surface area contributed by atoms with Crippen molar-refractivity contribution in [3.8, 4) is 0 Å². The zero-order valence-electron chi connectivity index (χ0n) is 11.0. The van der Waals surface area contributed by atoms with Crippen LogP contribution in [0.5, 0.6) is 0 Å². The predicted molar refractivity (Wildman–Crippen MR) is 75.9 cm³/mol. The second-order valence-corrected chi connectivity index (χ2v) is 4.85. The molecular weight excluding hydrogens is 303 g/mol. The topological polar surface area (TPSA) is 64.1 Å². The molecule has 0 aliphatic carbocycles. The second-order valence-electron chi connectivity index (χ2n) is 4.41. The van der Waals surface area contributed by atoms with E-state index in [4.69, 9.17) is 10.3 Å². The minimum Gasteiger partial charge on any atom is -0.389 e. The lowest BCUT2D eigenvalue weighted by atomic mass is 10.1. The van der Waals surface area contributed by atoms with E-state index in [9.17, 15) is 13.2 Å². The molecule has 0 fully saturated rings. The van der Waals surface area contributed by atoms with Crippen LogP contribution >= 0.6 is 12.2 Å². The van der Waals surface area contributed by atoms with Crippen molar-refractivity contribution in [2.75, 3.05) is 5.32 Å². The molecule has 0 amide bonds. The number of nitrogens with two attached hydrogens (primary N) is 1. The first-order valence-electron chi connectivity index (χ1n) is 5.94. The van der Waals surface area contributed by atoms with Crippen LogP contribution in [-0.2, 0) is 12.7 Å². The maximum atomic E-state index is 13.0. The van der Waals surface area contributed by atoms with Crippen LogP contribution in [0.3, 0.4) is 0 Å². The predicted octanol–water partition coefficient (Wildman–Crippen LogP) is 3.25. The highest BCUT2D eigenvalue weighted by Gasteiger charge is 2.34. The van der Waals surface area contributed by atoms with Crippen LogP contribution in [0.15, 0.2) is 28.8 Å². The van der Waals surface area contributed by atoms with E-state index in [2.05, 4.69) is 22.7 Å². The third-order valence-electron chi connectivity index (χ3n) is 2.73. The van der Waals surface area contributed by atoms with Crippen LogP contribution in [-0.4, -0.2) is 10.1 Å². The van der Waals surface area contributed by atoms with Crippen molar-refractivity contribution in [2.24, 2.45) is 5.73 Å². The van der Waals surface area contributed by atoms with E-state index < -0.39 is 11.7 Å². The number of nitrogens with one attached hydrogen (secondary N) is 1. The molecule has 0 spiro atoms. The van der Waals surface area contributed by atoms with E-state index >= 15 is 0 Å². The van der Waals surface area contributed by atoms with Crippen LogP contribution in [0, 0.1) is 6.92 Å². The Balaban J connectivity index is 2.23. The summed E-state index contributed by atoms with van der Waals surface area (Å²) in [4.78, 5) is -0.292. The first kappa shape index (κ1) is 15.3. The number of rotatable bonds is 4. The van der Waals surface area contributed by atoms with Gasteiger partial charge in [0.25, 0.3) is 0 Å². The molecule has 0 unspecified atom stereocenters. The van der Waals surface area contributed by atoms with E-state index in [1.54, 1.807) is 13.0 Å². The minimum atomic E-state index is -4.53. The average Bonchev–Trinajstić information content (AvgIpc) is 2.81. The van der Waals surface area contributed by atoms with Crippen molar-refractivity contribution < 1.29 is 17.7 Å². The van der Waals surface area contributed by atoms with Crippen molar-refractivity contribution in [3.63, 3.8) is 0 Å². The largest absolute Gasteiger partial charge is 0.417 e. The summed E-state index contributed by atoms with van der Waals surface area (Å²) in [5, 5.41) is 6.53. The van der Waals surface area contributed by atoms with E-state index in [1.807, 2.05) is 0 Å². The lowest BCUT2D eigenvalue weighted by Gasteiger charge is -2.14. The van der Waals surface area contributed by atoms with Gasteiger partial charge in [0.2, 0.25) is 0 Å². The van der Waals surface area contributed by atoms with Crippen molar-refractivity contribution in [2.45, 2.75) is 19.6 Å². The highest BCUT2D eigenvalue weighted by atomic mass is 32.1. The number of hydrogen-bond acceptors (Lipinski definition) is 4. The fourth-order valence-electron chi connectivity index (χ4n) is 1.79. The molecule has 1 aromatic heterocycles. The lowest BCUT2D eigenvalue weighted by Crippen LogP contribution is -2.18. The van der Waals surface area contributed by atoms with Gasteiger partial charge in [0.15, 0.2) is 5.76 Å². The number of thiocarbonyl (C=S) groups is 1. The monoisotopic (exact) mass is 315 g/mol. The highest BCUT2D eigenvalue weighted by molar-refractivity contribution is 7.80. The van der Waals surface area contributed by atoms with Crippen LogP contribution in [0.25, 0.3) is 0 Å². The van der Waals surface area contributed by atoms with Gasteiger partial charge in [-0.25, -0.2) is 0 Å². The zero-order chi connectivity index (χ0) is 15.6. The summed E-state index contributed by atoms with van der Waals surface area (Å²) < 4.78 is 43.9. The summed E-state index contributed by atoms with van der Waals surface area (Å²) in [5.41, 5.74) is 5.24. The Hall–Kier alpha value is -2.09. The first-order valence-corrected chi connectivity index (χ1v) is 6.35. The molecule has 4 nitrogen and oxygen atoms in total. The van der Waals surface area contributed by atoms with Crippen LogP contribution < -0.4 is 11.1 Å². The average molecular weight is 315 g/mol. The molecule has 1 aromatic carbocycles. The molecule has 2 rings (SSSR count). The molecule has 0 bridgehead atoms. The Morgan fingerprint density at radius 2 is 2.10 bits per heavy atom. The van der Waals surface area contributed by atoms with Gasteiger partial charge in [0, 0.05) is 17.3 Å². The normalized spacial score (nSPS) is 11.4. The quantitative estimate of drug-likeness (QED) is 0.848. The van der Waals surface area contributed by atoms with Gasteiger partial charge in [-0.2, -0.15) is 13.2 Å². The minimum absolute atomic E-state index is 0.196. The van der Waals surface area contributed by atoms with Gasteiger partial charge in [-0.1, -0.05) is 17.4 Å². The number of alkyl halides is 3. The van der Waals surface area contributed by atoms with Crippen molar-refractivity contribution in [3.05, 3.63) is 46.8 Å². The molecule has 8 heteroatoms. The van der Waals surface area contributed by atoms with E-state index in [0.29, 0.717) is 11.5 Å². The second kappa shape index (κ2) is 5.72. The van der Waals surface area contributed by atoms with Gasteiger partial charge in [0.05, 0.1) is 17.8 Å². The van der Waals surface area contributed by atoms with Gasteiger partial charge >= 0.3 is 6.18 Å². The van der Waals surface area contributed by atoms with Crippen molar-refractivity contribution >= 4 is 22.9 Å². The molecular formula is C13H12F3N3OS. The maximum Gasteiger partial charge on any atom is 0.417 e. The van der Waals surface area contributed by atoms with Gasteiger partial charge in [-0.3, -0.25) is 0 Å². The summed E-state index contributed by atoms with van der Waals surface area (Å²) in [5.74, 6) is 0.527. The third kappa shape index (κ3) is 3.72. The lowest BCUT2D eigenvalue weighted by molar-refractivity contribution is -0.137. The number of hydrogen-bond donors (Lipinski definition) is 2. The Labute approximate surface area is 124 Å². The Morgan fingerprint density at radius 1 is 1.38 bits per heavy atom. The number of aromatic nitrogens is 1. The van der Waals surface area contributed by atoms with Gasteiger partial charge < -0.3 is 15.6 Å². The molecule has 21 heavy (non-hydrogen) atoms. The van der Waals surface area contributed by atoms with Gasteiger partial charge in [-0.05, 0) is 25.1 Å². The van der Waals surface area contributed by atoms with Gasteiger partial charge in [0.1, 0.15) is 4.99 Å². The van der Waals surface area contributed by atoms with Gasteiger partial charge in [-0.15, -0.1) is 0 Å². The van der Waals surface area contributed by atoms with E-state index in [1.165, 1.54) is 12.1 Å². The molecule has 2 aromatic rings. The molecule has 0 atom stereocenters. The third-order valence-corrected chi connectivity index (χ3v) is 2.95.